The summed E-state index contributed by atoms with van der Waals surface area (Å²) in [6.45, 7) is 4.81. The molecule has 0 aliphatic carbocycles. The quantitative estimate of drug-likeness (QED) is 0.672. The first-order valence-electron chi connectivity index (χ1n) is 11.0. The molecule has 3 aromatic rings. The zero-order chi connectivity index (χ0) is 22.5. The third kappa shape index (κ3) is 3.38. The average Bonchev–Trinajstić information content (AvgIpc) is 2.80. The number of nitrogens with one attached hydrogen (secondary N) is 1. The van der Waals surface area contributed by atoms with E-state index < -0.39 is 11.5 Å². The molecule has 2 aliphatic heterocycles. The minimum atomic E-state index is -0.553. The van der Waals surface area contributed by atoms with Crippen LogP contribution in [0.5, 0.6) is 5.75 Å². The highest BCUT2D eigenvalue weighted by Crippen LogP contribution is 2.40. The van der Waals surface area contributed by atoms with E-state index in [2.05, 4.69) is 10.2 Å². The third-order valence-corrected chi connectivity index (χ3v) is 6.74. The number of carbonyl (C=O) groups excluding carboxylic acids is 2. The van der Waals surface area contributed by atoms with Crippen LogP contribution in [0.4, 0.5) is 0 Å². The van der Waals surface area contributed by atoms with Gasteiger partial charge in [-0.3, -0.25) is 14.4 Å². The van der Waals surface area contributed by atoms with E-state index in [1.165, 1.54) is 0 Å². The van der Waals surface area contributed by atoms with Gasteiger partial charge in [-0.1, -0.05) is 29.8 Å². The van der Waals surface area contributed by atoms with Crippen LogP contribution in [0.15, 0.2) is 47.3 Å². The molecule has 7 heteroatoms. The topological polar surface area (TPSA) is 92.4 Å². The number of Topliss-reactive ketones (excluding diaryl/α,β-unsaturated/α-hetero) is 1. The van der Waals surface area contributed by atoms with Gasteiger partial charge < -0.3 is 9.64 Å². The monoisotopic (exact) mass is 431 g/mol. The molecule has 0 unspecified atom stereocenters. The summed E-state index contributed by atoms with van der Waals surface area (Å²) in [4.78, 5) is 39.9. The summed E-state index contributed by atoms with van der Waals surface area (Å²) in [5.74, 6) is 0.210. The van der Waals surface area contributed by atoms with Gasteiger partial charge in [0.1, 0.15) is 11.4 Å². The lowest BCUT2D eigenvalue weighted by atomic mass is 9.82. The summed E-state index contributed by atoms with van der Waals surface area (Å²) >= 11 is 0. The fourth-order valence-corrected chi connectivity index (χ4v) is 4.88. The average molecular weight is 431 g/mol. The summed E-state index contributed by atoms with van der Waals surface area (Å²) in [6.07, 6.45) is 1.54. The van der Waals surface area contributed by atoms with E-state index in [-0.39, 0.29) is 17.2 Å². The van der Waals surface area contributed by atoms with Crippen molar-refractivity contribution in [1.82, 2.24) is 15.1 Å². The molecule has 164 valence electrons. The summed E-state index contributed by atoms with van der Waals surface area (Å²) in [5.41, 5.74) is 1.44. The molecule has 0 saturated carbocycles. The Hall–Kier alpha value is -3.48. The number of H-pyrrole nitrogens is 1. The number of nitrogens with zero attached hydrogens (tertiary/aromatic N) is 2. The lowest BCUT2D eigenvalue weighted by Crippen LogP contribution is -2.52. The summed E-state index contributed by atoms with van der Waals surface area (Å²) < 4.78 is 6.32. The number of aryl methyl sites for hydroxylation is 1. The van der Waals surface area contributed by atoms with Crippen LogP contribution in [0.1, 0.15) is 53.7 Å². The Balaban J connectivity index is 1.33. The minimum Gasteiger partial charge on any atom is -0.486 e. The molecule has 0 bridgehead atoms. The number of amides is 1. The molecule has 1 spiro atoms. The third-order valence-electron chi connectivity index (χ3n) is 6.74. The number of ether oxygens (including phenoxy) is 1. The number of ketones is 1. The van der Waals surface area contributed by atoms with E-state index in [0.29, 0.717) is 60.1 Å². The van der Waals surface area contributed by atoms with Crippen molar-refractivity contribution in [2.24, 2.45) is 0 Å². The zero-order valence-electron chi connectivity index (χ0n) is 18.2. The van der Waals surface area contributed by atoms with Crippen LogP contribution in [-0.2, 0) is 4.79 Å². The molecular weight excluding hydrogens is 406 g/mol. The van der Waals surface area contributed by atoms with E-state index in [4.69, 9.17) is 4.74 Å². The standard InChI is InChI=1S/C25H25N3O4/c1-15-7-8-21-19(13-15)20(29)14-25(32-21)9-11-28(12-10-25)24(31)16(2)22-17-5-3-4-6-18(17)23(30)27-26-22/h3-8,13,16H,9-12,14H2,1-2H3,(H,27,30)/t16-/m0/s1. The Kier molecular flexibility index (Phi) is 4.84. The van der Waals surface area contributed by atoms with Crippen molar-refractivity contribution in [2.75, 3.05) is 13.1 Å². The Bertz CT molecular complexity index is 1290. The lowest BCUT2D eigenvalue weighted by molar-refractivity contribution is -0.136. The normalized spacial score (nSPS) is 18.3. The van der Waals surface area contributed by atoms with Gasteiger partial charge in [0.25, 0.3) is 5.56 Å². The maximum absolute atomic E-state index is 13.3. The number of rotatable bonds is 2. The van der Waals surface area contributed by atoms with Gasteiger partial charge in [0.15, 0.2) is 5.78 Å². The van der Waals surface area contributed by atoms with Gasteiger partial charge in [-0.2, -0.15) is 5.10 Å². The number of aromatic amines is 1. The van der Waals surface area contributed by atoms with Gasteiger partial charge >= 0.3 is 0 Å². The number of benzene rings is 2. The van der Waals surface area contributed by atoms with Crippen molar-refractivity contribution in [3.63, 3.8) is 0 Å². The lowest BCUT2D eigenvalue weighted by Gasteiger charge is -2.44. The SMILES string of the molecule is Cc1ccc2c(c1)C(=O)CC1(CCN(C(=O)[C@@H](C)c3n[nH]c(=O)c4ccccc34)CC1)O2. The maximum Gasteiger partial charge on any atom is 0.272 e. The van der Waals surface area contributed by atoms with E-state index in [1.54, 1.807) is 12.1 Å². The zero-order valence-corrected chi connectivity index (χ0v) is 18.2. The number of carbonyl (C=O) groups is 2. The molecule has 1 aromatic heterocycles. The van der Waals surface area contributed by atoms with Gasteiger partial charge in [-0.05, 0) is 32.0 Å². The first kappa shape index (κ1) is 20.4. The van der Waals surface area contributed by atoms with Crippen molar-refractivity contribution in [3.05, 3.63) is 69.6 Å². The Morgan fingerprint density at radius 3 is 2.59 bits per heavy atom. The first-order valence-corrected chi connectivity index (χ1v) is 11.0. The van der Waals surface area contributed by atoms with Crippen molar-refractivity contribution >= 4 is 22.5 Å². The minimum absolute atomic E-state index is 0.0392. The maximum atomic E-state index is 13.3. The molecule has 1 fully saturated rings. The number of hydrogen-bond donors (Lipinski definition) is 1. The number of likely N-dealkylation sites (tertiary alicyclic amines) is 1. The molecule has 1 N–H and O–H groups in total. The van der Waals surface area contributed by atoms with E-state index in [0.717, 1.165) is 5.56 Å². The first-order chi connectivity index (χ1) is 15.4. The second kappa shape index (κ2) is 7.58. The van der Waals surface area contributed by atoms with Crippen LogP contribution >= 0.6 is 0 Å². The van der Waals surface area contributed by atoms with Crippen molar-refractivity contribution in [2.45, 2.75) is 44.6 Å². The van der Waals surface area contributed by atoms with Crippen LogP contribution < -0.4 is 10.3 Å². The van der Waals surface area contributed by atoms with Gasteiger partial charge in [-0.15, -0.1) is 0 Å². The Morgan fingerprint density at radius 1 is 1.12 bits per heavy atom. The molecule has 1 atom stereocenters. The molecule has 5 rings (SSSR count). The second-order valence-electron chi connectivity index (χ2n) is 8.92. The molecular formula is C25H25N3O4. The van der Waals surface area contributed by atoms with Crippen LogP contribution in [-0.4, -0.2) is 45.5 Å². The van der Waals surface area contributed by atoms with Gasteiger partial charge in [-0.25, -0.2) is 5.10 Å². The molecule has 32 heavy (non-hydrogen) atoms. The molecule has 7 nitrogen and oxygen atoms in total. The van der Waals surface area contributed by atoms with Crippen molar-refractivity contribution in [1.29, 1.82) is 0 Å². The highest BCUT2D eigenvalue weighted by Gasteiger charge is 2.44. The second-order valence-corrected chi connectivity index (χ2v) is 8.92. The Morgan fingerprint density at radius 2 is 1.84 bits per heavy atom. The fraction of sp³-hybridized carbons (Fsp3) is 0.360. The number of hydrogen-bond acceptors (Lipinski definition) is 5. The number of aromatic nitrogens is 2. The van der Waals surface area contributed by atoms with Crippen LogP contribution in [0, 0.1) is 6.92 Å². The highest BCUT2D eigenvalue weighted by molar-refractivity contribution is 6.00. The van der Waals surface area contributed by atoms with Gasteiger partial charge in [0, 0.05) is 31.3 Å². The van der Waals surface area contributed by atoms with Gasteiger partial charge in [0.05, 0.1) is 29.0 Å². The molecule has 1 saturated heterocycles. The van der Waals surface area contributed by atoms with Crippen molar-refractivity contribution < 1.29 is 14.3 Å². The summed E-state index contributed by atoms with van der Waals surface area (Å²) in [5, 5.41) is 7.92. The van der Waals surface area contributed by atoms with Gasteiger partial charge in [0.2, 0.25) is 5.91 Å². The molecule has 2 aromatic carbocycles. The molecule has 3 heterocycles. The molecule has 0 radical (unpaired) electrons. The van der Waals surface area contributed by atoms with E-state index in [1.807, 2.05) is 49.1 Å². The molecule has 1 amide bonds. The Labute approximate surface area is 185 Å². The smallest absolute Gasteiger partial charge is 0.272 e. The number of fused-ring (bicyclic) bond motifs is 2. The van der Waals surface area contributed by atoms with Crippen LogP contribution in [0.2, 0.25) is 0 Å². The van der Waals surface area contributed by atoms with Crippen LogP contribution in [0.3, 0.4) is 0 Å². The predicted octanol–water partition coefficient (Wildman–Crippen LogP) is 3.36. The van der Waals surface area contributed by atoms with Crippen LogP contribution in [0.25, 0.3) is 10.8 Å². The fourth-order valence-electron chi connectivity index (χ4n) is 4.88. The molecule has 2 aliphatic rings. The number of piperidine rings is 1. The highest BCUT2D eigenvalue weighted by atomic mass is 16.5. The summed E-state index contributed by atoms with van der Waals surface area (Å²) in [6, 6.07) is 12.9. The largest absolute Gasteiger partial charge is 0.486 e. The summed E-state index contributed by atoms with van der Waals surface area (Å²) in [7, 11) is 0. The predicted molar refractivity (Wildman–Crippen MR) is 120 cm³/mol. The van der Waals surface area contributed by atoms with E-state index >= 15 is 0 Å². The van der Waals surface area contributed by atoms with E-state index in [9.17, 15) is 14.4 Å². The van der Waals surface area contributed by atoms with Crippen molar-refractivity contribution in [3.8, 4) is 5.75 Å².